The molecule has 1 heterocycles. The zero-order chi connectivity index (χ0) is 22.7. The molecule has 4 rings (SSSR count). The summed E-state index contributed by atoms with van der Waals surface area (Å²) in [6.45, 7) is 6.04. The van der Waals surface area contributed by atoms with E-state index in [4.69, 9.17) is 4.74 Å². The van der Waals surface area contributed by atoms with Crippen LogP contribution in [0.4, 0.5) is 5.69 Å². The monoisotopic (exact) mass is 446 g/mol. The highest BCUT2D eigenvalue weighted by atomic mass is 32.2. The number of thioether (sulfide) groups is 1. The van der Waals surface area contributed by atoms with Gasteiger partial charge in [0.2, 0.25) is 5.91 Å². The Labute approximate surface area is 192 Å². The summed E-state index contributed by atoms with van der Waals surface area (Å²) in [5.74, 6) is 1.67. The van der Waals surface area contributed by atoms with Crippen molar-refractivity contribution in [1.29, 1.82) is 0 Å². The molecule has 0 spiro atoms. The lowest BCUT2D eigenvalue weighted by atomic mass is 10.1. The molecule has 1 aromatic heterocycles. The van der Waals surface area contributed by atoms with Crippen molar-refractivity contribution in [2.75, 3.05) is 11.1 Å². The van der Waals surface area contributed by atoms with Crippen molar-refractivity contribution >= 4 is 34.1 Å². The number of benzene rings is 3. The highest BCUT2D eigenvalue weighted by molar-refractivity contribution is 7.99. The van der Waals surface area contributed by atoms with E-state index >= 15 is 0 Å². The van der Waals surface area contributed by atoms with E-state index in [1.165, 1.54) is 11.8 Å². The summed E-state index contributed by atoms with van der Waals surface area (Å²) in [6, 6.07) is 20.0. The second-order valence-electron chi connectivity index (χ2n) is 7.85. The second kappa shape index (κ2) is 9.44. The van der Waals surface area contributed by atoms with Gasteiger partial charge in [0.1, 0.15) is 5.75 Å². The van der Waals surface area contributed by atoms with Crippen molar-refractivity contribution < 1.29 is 9.53 Å². The molecule has 4 aromatic rings. The van der Waals surface area contributed by atoms with Crippen molar-refractivity contribution in [1.82, 2.24) is 14.8 Å². The van der Waals surface area contributed by atoms with Crippen LogP contribution < -0.4 is 10.1 Å². The summed E-state index contributed by atoms with van der Waals surface area (Å²) < 4.78 is 7.97. The van der Waals surface area contributed by atoms with Gasteiger partial charge >= 0.3 is 0 Å². The van der Waals surface area contributed by atoms with Gasteiger partial charge in [0.25, 0.3) is 0 Å². The molecule has 0 aliphatic heterocycles. The third-order valence-electron chi connectivity index (χ3n) is 5.14. The molecule has 0 radical (unpaired) electrons. The highest BCUT2D eigenvalue weighted by Crippen LogP contribution is 2.26. The van der Waals surface area contributed by atoms with E-state index in [-0.39, 0.29) is 17.8 Å². The van der Waals surface area contributed by atoms with Gasteiger partial charge in [-0.25, -0.2) is 0 Å². The SMILES string of the molecule is Cc1cc(C)cc(OC(C)c2nnc(SCC(=O)Nc3cccc4ccccc34)n2C)c1. The van der Waals surface area contributed by atoms with Crippen molar-refractivity contribution in [3.8, 4) is 5.75 Å². The fourth-order valence-corrected chi connectivity index (χ4v) is 4.43. The topological polar surface area (TPSA) is 69.0 Å². The van der Waals surface area contributed by atoms with Crippen LogP contribution in [0.3, 0.4) is 0 Å². The van der Waals surface area contributed by atoms with Crippen LogP contribution in [0, 0.1) is 13.8 Å². The molecule has 0 aliphatic carbocycles. The predicted octanol–water partition coefficient (Wildman–Crippen LogP) is 5.46. The number of fused-ring (bicyclic) bond motifs is 1. The molecule has 0 bridgehead atoms. The van der Waals surface area contributed by atoms with Crippen LogP contribution in [0.2, 0.25) is 0 Å². The Balaban J connectivity index is 1.39. The Morgan fingerprint density at radius 3 is 2.56 bits per heavy atom. The Morgan fingerprint density at radius 1 is 1.06 bits per heavy atom. The maximum atomic E-state index is 12.6. The fraction of sp³-hybridized carbons (Fsp3) is 0.240. The number of ether oxygens (including phenoxy) is 1. The van der Waals surface area contributed by atoms with Crippen LogP contribution in [0.25, 0.3) is 10.8 Å². The van der Waals surface area contributed by atoms with Gasteiger partial charge in [0.05, 0.1) is 5.75 Å². The van der Waals surface area contributed by atoms with E-state index < -0.39 is 0 Å². The number of hydrogen-bond donors (Lipinski definition) is 1. The van der Waals surface area contributed by atoms with Crippen molar-refractivity contribution in [2.24, 2.45) is 7.05 Å². The number of rotatable bonds is 7. The Morgan fingerprint density at radius 2 is 1.78 bits per heavy atom. The molecule has 32 heavy (non-hydrogen) atoms. The number of anilines is 1. The maximum absolute atomic E-state index is 12.6. The molecule has 0 saturated heterocycles. The molecule has 1 atom stereocenters. The van der Waals surface area contributed by atoms with E-state index in [2.05, 4.69) is 21.6 Å². The molecule has 6 nitrogen and oxygen atoms in total. The quantitative estimate of drug-likeness (QED) is 0.382. The van der Waals surface area contributed by atoms with Gasteiger partial charge in [-0.15, -0.1) is 10.2 Å². The predicted molar refractivity (Wildman–Crippen MR) is 129 cm³/mol. The molecule has 0 saturated carbocycles. The molecule has 7 heteroatoms. The van der Waals surface area contributed by atoms with Gasteiger partial charge < -0.3 is 14.6 Å². The number of aryl methyl sites for hydroxylation is 2. The highest BCUT2D eigenvalue weighted by Gasteiger charge is 2.18. The number of carbonyl (C=O) groups is 1. The van der Waals surface area contributed by atoms with Gasteiger partial charge in [-0.1, -0.05) is 54.2 Å². The molecule has 1 amide bonds. The largest absolute Gasteiger partial charge is 0.483 e. The minimum Gasteiger partial charge on any atom is -0.483 e. The summed E-state index contributed by atoms with van der Waals surface area (Å²) in [5, 5.41) is 14.3. The number of hydrogen-bond acceptors (Lipinski definition) is 5. The number of aromatic nitrogens is 3. The van der Waals surface area contributed by atoms with Gasteiger partial charge in [0.15, 0.2) is 17.1 Å². The smallest absolute Gasteiger partial charge is 0.234 e. The zero-order valence-electron chi connectivity index (χ0n) is 18.6. The number of nitrogens with zero attached hydrogens (tertiary/aromatic N) is 3. The first kappa shape index (κ1) is 21.9. The van der Waals surface area contributed by atoms with Gasteiger partial charge in [0, 0.05) is 18.1 Å². The van der Waals surface area contributed by atoms with Gasteiger partial charge in [-0.3, -0.25) is 4.79 Å². The van der Waals surface area contributed by atoms with Crippen LogP contribution in [0.5, 0.6) is 5.75 Å². The lowest BCUT2D eigenvalue weighted by molar-refractivity contribution is -0.113. The number of nitrogens with one attached hydrogen (secondary N) is 1. The summed E-state index contributed by atoms with van der Waals surface area (Å²) in [7, 11) is 1.89. The van der Waals surface area contributed by atoms with Crippen LogP contribution in [0.1, 0.15) is 30.0 Å². The summed E-state index contributed by atoms with van der Waals surface area (Å²) >= 11 is 1.35. The fourth-order valence-electron chi connectivity index (χ4n) is 3.71. The standard InChI is InChI=1S/C25H26N4O2S/c1-16-12-17(2)14-20(13-16)31-18(3)24-27-28-25(29(24)4)32-15-23(30)26-22-11-7-9-19-8-5-6-10-21(19)22/h5-14,18H,15H2,1-4H3,(H,26,30). The van der Waals surface area contributed by atoms with Crippen LogP contribution in [0.15, 0.2) is 65.8 Å². The number of carbonyl (C=O) groups excluding carboxylic acids is 1. The molecular formula is C25H26N4O2S. The van der Waals surface area contributed by atoms with Crippen molar-refractivity contribution in [3.05, 3.63) is 77.6 Å². The van der Waals surface area contributed by atoms with E-state index in [1.807, 2.05) is 87.0 Å². The van der Waals surface area contributed by atoms with Gasteiger partial charge in [-0.2, -0.15) is 0 Å². The molecular weight excluding hydrogens is 420 g/mol. The van der Waals surface area contributed by atoms with Crippen molar-refractivity contribution in [2.45, 2.75) is 32.0 Å². The first-order valence-corrected chi connectivity index (χ1v) is 11.4. The number of amides is 1. The first-order chi connectivity index (χ1) is 15.4. The Bertz CT molecular complexity index is 1240. The molecule has 164 valence electrons. The lowest BCUT2D eigenvalue weighted by Crippen LogP contribution is -2.15. The average Bonchev–Trinajstić information content (AvgIpc) is 3.12. The minimum absolute atomic E-state index is 0.0876. The summed E-state index contributed by atoms with van der Waals surface area (Å²) in [5.41, 5.74) is 3.11. The van der Waals surface area contributed by atoms with E-state index in [9.17, 15) is 4.79 Å². The lowest BCUT2D eigenvalue weighted by Gasteiger charge is -2.15. The average molecular weight is 447 g/mol. The van der Waals surface area contributed by atoms with Crippen LogP contribution >= 0.6 is 11.8 Å². The van der Waals surface area contributed by atoms with E-state index in [0.29, 0.717) is 11.0 Å². The van der Waals surface area contributed by atoms with Crippen LogP contribution in [-0.4, -0.2) is 26.4 Å². The second-order valence-corrected chi connectivity index (χ2v) is 8.79. The molecule has 3 aromatic carbocycles. The normalized spacial score (nSPS) is 12.0. The molecule has 0 fully saturated rings. The zero-order valence-corrected chi connectivity index (χ0v) is 19.4. The maximum Gasteiger partial charge on any atom is 0.234 e. The first-order valence-electron chi connectivity index (χ1n) is 10.5. The van der Waals surface area contributed by atoms with Gasteiger partial charge in [-0.05, 0) is 55.5 Å². The molecule has 1 unspecified atom stereocenters. The van der Waals surface area contributed by atoms with E-state index in [0.717, 1.165) is 33.3 Å². The van der Waals surface area contributed by atoms with Crippen LogP contribution in [-0.2, 0) is 11.8 Å². The van der Waals surface area contributed by atoms with E-state index in [1.54, 1.807) is 0 Å². The van der Waals surface area contributed by atoms with Crippen molar-refractivity contribution in [3.63, 3.8) is 0 Å². The minimum atomic E-state index is -0.271. The summed E-state index contributed by atoms with van der Waals surface area (Å²) in [4.78, 5) is 12.6. The third-order valence-corrected chi connectivity index (χ3v) is 6.16. The molecule has 0 aliphatic rings. The Kier molecular flexibility index (Phi) is 6.46. The molecule has 1 N–H and O–H groups in total. The Hall–Kier alpha value is -3.32. The third kappa shape index (κ3) is 4.94. The summed E-state index contributed by atoms with van der Waals surface area (Å²) in [6.07, 6.45) is -0.271.